The number of nitrogens with one attached hydrogen (secondary N) is 1. The molecule has 1 nitrogen and oxygen atoms in total. The number of aryl methyl sites for hydroxylation is 1. The molecule has 1 aromatic heterocycles. The van der Waals surface area contributed by atoms with E-state index in [9.17, 15) is 0 Å². The summed E-state index contributed by atoms with van der Waals surface area (Å²) in [5.74, 6) is 0.804. The fourth-order valence-electron chi connectivity index (χ4n) is 3.06. The maximum absolute atomic E-state index is 3.72. The molecule has 1 aliphatic carbocycles. The third-order valence-electron chi connectivity index (χ3n) is 5.41. The van der Waals surface area contributed by atoms with Gasteiger partial charge in [-0.3, -0.25) is 0 Å². The number of hydrogen-bond donors (Lipinski definition) is 1. The fourth-order valence-corrected chi connectivity index (χ4v) is 4.04. The van der Waals surface area contributed by atoms with Crippen molar-refractivity contribution in [2.24, 2.45) is 16.7 Å². The van der Waals surface area contributed by atoms with Crippen LogP contribution < -0.4 is 5.32 Å². The van der Waals surface area contributed by atoms with Crippen LogP contribution in [0, 0.1) is 16.7 Å². The van der Waals surface area contributed by atoms with Gasteiger partial charge in [-0.2, -0.15) is 0 Å². The molecular formula is C16H27NS. The predicted octanol–water partition coefficient (Wildman–Crippen LogP) is 4.64. The van der Waals surface area contributed by atoms with Crippen LogP contribution in [0.5, 0.6) is 0 Å². The number of thiophene rings is 1. The summed E-state index contributed by atoms with van der Waals surface area (Å²) >= 11 is 1.95. The minimum Gasteiger partial charge on any atom is -0.309 e. The summed E-state index contributed by atoms with van der Waals surface area (Å²) in [6.07, 6.45) is 1.15. The van der Waals surface area contributed by atoms with E-state index in [0.717, 1.165) is 18.9 Å². The summed E-state index contributed by atoms with van der Waals surface area (Å²) in [7, 11) is 0. The maximum atomic E-state index is 3.72. The molecule has 2 heteroatoms. The molecule has 1 fully saturated rings. The van der Waals surface area contributed by atoms with Crippen molar-refractivity contribution in [3.05, 3.63) is 21.9 Å². The highest BCUT2D eigenvalue weighted by Crippen LogP contribution is 2.68. The first kappa shape index (κ1) is 14.1. The van der Waals surface area contributed by atoms with Crippen LogP contribution in [-0.4, -0.2) is 6.54 Å². The van der Waals surface area contributed by atoms with E-state index in [-0.39, 0.29) is 0 Å². The second-order valence-electron chi connectivity index (χ2n) is 6.78. The van der Waals surface area contributed by atoms with Gasteiger partial charge in [0, 0.05) is 15.8 Å². The molecule has 0 spiro atoms. The van der Waals surface area contributed by atoms with Crippen molar-refractivity contribution in [1.82, 2.24) is 5.32 Å². The Bertz CT molecular complexity index is 402. The van der Waals surface area contributed by atoms with E-state index in [0.29, 0.717) is 16.9 Å². The van der Waals surface area contributed by atoms with Crippen molar-refractivity contribution in [2.75, 3.05) is 6.54 Å². The molecule has 1 unspecified atom stereocenters. The van der Waals surface area contributed by atoms with Crippen LogP contribution in [0.25, 0.3) is 0 Å². The van der Waals surface area contributed by atoms with Gasteiger partial charge in [-0.05, 0) is 48.8 Å². The monoisotopic (exact) mass is 265 g/mol. The Kier molecular flexibility index (Phi) is 3.63. The average Bonchev–Trinajstić information content (AvgIpc) is 2.71. The van der Waals surface area contributed by atoms with E-state index in [1.54, 1.807) is 0 Å². The Morgan fingerprint density at radius 1 is 1.22 bits per heavy atom. The van der Waals surface area contributed by atoms with Gasteiger partial charge in [-0.25, -0.2) is 0 Å². The Hall–Kier alpha value is -0.340. The average molecular weight is 265 g/mol. The molecule has 1 aliphatic rings. The standard InChI is InChI=1S/C16H27NS/c1-7-12-8-9-13(18-12)11(2)17-10-14-15(3,4)16(14,5)6/h8-9,11,14,17H,7,10H2,1-6H3. The van der Waals surface area contributed by atoms with Gasteiger partial charge >= 0.3 is 0 Å². The van der Waals surface area contributed by atoms with Gasteiger partial charge in [0.15, 0.2) is 0 Å². The van der Waals surface area contributed by atoms with Crippen LogP contribution in [0.15, 0.2) is 12.1 Å². The van der Waals surface area contributed by atoms with Crippen molar-refractivity contribution < 1.29 is 0 Å². The van der Waals surface area contributed by atoms with Crippen LogP contribution >= 0.6 is 11.3 Å². The summed E-state index contributed by atoms with van der Waals surface area (Å²) in [5, 5.41) is 3.72. The highest BCUT2D eigenvalue weighted by molar-refractivity contribution is 7.12. The largest absolute Gasteiger partial charge is 0.309 e. The van der Waals surface area contributed by atoms with E-state index < -0.39 is 0 Å². The third-order valence-corrected chi connectivity index (χ3v) is 6.82. The van der Waals surface area contributed by atoms with E-state index in [1.165, 1.54) is 9.75 Å². The molecule has 1 heterocycles. The molecule has 1 aromatic rings. The molecule has 1 saturated carbocycles. The highest BCUT2D eigenvalue weighted by Gasteiger charge is 2.63. The molecule has 2 rings (SSSR count). The Morgan fingerprint density at radius 3 is 2.28 bits per heavy atom. The van der Waals surface area contributed by atoms with E-state index >= 15 is 0 Å². The highest BCUT2D eigenvalue weighted by atomic mass is 32.1. The van der Waals surface area contributed by atoms with Gasteiger partial charge in [0.2, 0.25) is 0 Å². The van der Waals surface area contributed by atoms with Gasteiger partial charge in [-0.1, -0.05) is 34.6 Å². The van der Waals surface area contributed by atoms with Crippen LogP contribution in [0.3, 0.4) is 0 Å². The molecule has 0 bridgehead atoms. The number of rotatable bonds is 5. The minimum atomic E-state index is 0.488. The summed E-state index contributed by atoms with van der Waals surface area (Å²) in [5.41, 5.74) is 0.980. The van der Waals surface area contributed by atoms with E-state index in [2.05, 4.69) is 59.0 Å². The van der Waals surface area contributed by atoms with Crippen molar-refractivity contribution in [3.63, 3.8) is 0 Å². The fraction of sp³-hybridized carbons (Fsp3) is 0.750. The molecule has 1 N–H and O–H groups in total. The lowest BCUT2D eigenvalue weighted by Gasteiger charge is -2.13. The second kappa shape index (κ2) is 4.64. The second-order valence-corrected chi connectivity index (χ2v) is 7.98. The van der Waals surface area contributed by atoms with Crippen LogP contribution in [-0.2, 0) is 6.42 Å². The van der Waals surface area contributed by atoms with Gasteiger partial charge in [0.25, 0.3) is 0 Å². The summed E-state index contributed by atoms with van der Waals surface area (Å²) in [4.78, 5) is 2.97. The van der Waals surface area contributed by atoms with Crippen LogP contribution in [0.2, 0.25) is 0 Å². The van der Waals surface area contributed by atoms with Gasteiger partial charge in [0.05, 0.1) is 0 Å². The van der Waals surface area contributed by atoms with Crippen molar-refractivity contribution in [2.45, 2.75) is 54.0 Å². The topological polar surface area (TPSA) is 12.0 Å². The summed E-state index contributed by atoms with van der Waals surface area (Å²) in [6.45, 7) is 15.2. The van der Waals surface area contributed by atoms with Gasteiger partial charge < -0.3 is 5.32 Å². The van der Waals surface area contributed by atoms with E-state index in [4.69, 9.17) is 0 Å². The van der Waals surface area contributed by atoms with E-state index in [1.807, 2.05) is 11.3 Å². The smallest absolute Gasteiger partial charge is 0.0386 e. The molecule has 1 atom stereocenters. The quantitative estimate of drug-likeness (QED) is 0.817. The zero-order valence-electron chi connectivity index (χ0n) is 12.6. The first-order valence-electron chi connectivity index (χ1n) is 7.12. The molecule has 102 valence electrons. The van der Waals surface area contributed by atoms with Crippen LogP contribution in [0.4, 0.5) is 0 Å². The first-order valence-corrected chi connectivity index (χ1v) is 7.94. The molecule has 0 aliphatic heterocycles. The maximum Gasteiger partial charge on any atom is 0.0386 e. The Morgan fingerprint density at radius 2 is 1.83 bits per heavy atom. The van der Waals surface area contributed by atoms with Gasteiger partial charge in [-0.15, -0.1) is 11.3 Å². The molecule has 0 radical (unpaired) electrons. The lowest BCUT2D eigenvalue weighted by molar-refractivity contribution is 0.457. The number of hydrogen-bond acceptors (Lipinski definition) is 2. The lowest BCUT2D eigenvalue weighted by atomic mass is 10.0. The van der Waals surface area contributed by atoms with Crippen LogP contribution in [0.1, 0.15) is 57.3 Å². The lowest BCUT2D eigenvalue weighted by Crippen LogP contribution is -2.22. The molecular weight excluding hydrogens is 238 g/mol. The predicted molar refractivity (Wildman–Crippen MR) is 81.2 cm³/mol. The molecule has 0 saturated heterocycles. The third kappa shape index (κ3) is 2.25. The van der Waals surface area contributed by atoms with Crippen molar-refractivity contribution >= 4 is 11.3 Å². The minimum absolute atomic E-state index is 0.488. The zero-order chi connectivity index (χ0) is 13.6. The van der Waals surface area contributed by atoms with Gasteiger partial charge in [0.1, 0.15) is 0 Å². The SMILES string of the molecule is CCc1ccc(C(C)NCC2C(C)(C)C2(C)C)s1. The zero-order valence-corrected chi connectivity index (χ0v) is 13.4. The first-order chi connectivity index (χ1) is 8.30. The van der Waals surface area contributed by atoms with Crippen molar-refractivity contribution in [1.29, 1.82) is 0 Å². The molecule has 18 heavy (non-hydrogen) atoms. The summed E-state index contributed by atoms with van der Waals surface area (Å²) in [6, 6.07) is 5.04. The normalized spacial score (nSPS) is 23.0. The Balaban J connectivity index is 1.88. The molecule has 0 aromatic carbocycles. The Labute approximate surface area is 116 Å². The summed E-state index contributed by atoms with van der Waals surface area (Å²) < 4.78 is 0. The van der Waals surface area contributed by atoms with Crippen molar-refractivity contribution in [3.8, 4) is 0 Å². The molecule has 0 amide bonds.